The van der Waals surface area contributed by atoms with E-state index in [1.807, 2.05) is 0 Å². The third-order valence-electron chi connectivity index (χ3n) is 1.01. The summed E-state index contributed by atoms with van der Waals surface area (Å²) >= 11 is 3.17. The third-order valence-corrected chi connectivity index (χ3v) is 1.75. The van der Waals surface area contributed by atoms with E-state index < -0.39 is 6.09 Å². The second kappa shape index (κ2) is 2.91. The molecule has 0 aromatic carbocycles. The summed E-state index contributed by atoms with van der Waals surface area (Å²) in [7, 11) is 1.71. The van der Waals surface area contributed by atoms with Crippen molar-refractivity contribution in [1.29, 1.82) is 0 Å². The summed E-state index contributed by atoms with van der Waals surface area (Å²) in [5.74, 6) is 0.187. The number of amides is 1. The molecule has 1 heterocycles. The predicted octanol–water partition coefficient (Wildman–Crippen LogP) is 0.640. The predicted molar refractivity (Wildman–Crippen MR) is 41.1 cm³/mol. The van der Waals surface area contributed by atoms with Crippen molar-refractivity contribution in [3.63, 3.8) is 0 Å². The van der Waals surface area contributed by atoms with Crippen molar-refractivity contribution < 1.29 is 9.53 Å². The van der Waals surface area contributed by atoms with Gasteiger partial charge in [0.05, 0.1) is 0 Å². The number of ether oxygens (including phenoxy) is 1. The van der Waals surface area contributed by atoms with Gasteiger partial charge in [-0.25, -0.2) is 4.79 Å². The Kier molecular flexibility index (Phi) is 2.13. The SMILES string of the molecule is Cn1nc(OC(N)=O)cc1Br. The first-order chi connectivity index (χ1) is 5.09. The van der Waals surface area contributed by atoms with Crippen LogP contribution in [0.15, 0.2) is 10.7 Å². The van der Waals surface area contributed by atoms with Gasteiger partial charge in [0.15, 0.2) is 0 Å². The lowest BCUT2D eigenvalue weighted by atomic mass is 10.7. The zero-order valence-electron chi connectivity index (χ0n) is 5.74. The van der Waals surface area contributed by atoms with Gasteiger partial charge in [0.2, 0.25) is 5.88 Å². The highest BCUT2D eigenvalue weighted by Gasteiger charge is 2.04. The summed E-state index contributed by atoms with van der Waals surface area (Å²) in [5, 5.41) is 3.80. The van der Waals surface area contributed by atoms with Crippen LogP contribution in [0.2, 0.25) is 0 Å². The fraction of sp³-hybridized carbons (Fsp3) is 0.200. The molecule has 1 aromatic heterocycles. The first-order valence-corrected chi connectivity index (χ1v) is 3.55. The molecule has 1 amide bonds. The molecule has 60 valence electrons. The van der Waals surface area contributed by atoms with Crippen molar-refractivity contribution in [2.24, 2.45) is 12.8 Å². The maximum absolute atomic E-state index is 10.2. The van der Waals surface area contributed by atoms with E-state index in [1.54, 1.807) is 13.1 Å². The molecular formula is C5H6BrN3O2. The number of nitrogens with two attached hydrogens (primary N) is 1. The standard InChI is InChI=1S/C5H6BrN3O2/c1-9-3(6)2-4(8-9)11-5(7)10/h2H,1H3,(H2,7,10). The molecule has 5 nitrogen and oxygen atoms in total. The third kappa shape index (κ3) is 1.94. The van der Waals surface area contributed by atoms with E-state index in [0.29, 0.717) is 4.60 Å². The van der Waals surface area contributed by atoms with E-state index in [-0.39, 0.29) is 5.88 Å². The average Bonchev–Trinajstić information content (AvgIpc) is 2.10. The van der Waals surface area contributed by atoms with Crippen molar-refractivity contribution in [2.75, 3.05) is 0 Å². The van der Waals surface area contributed by atoms with Gasteiger partial charge < -0.3 is 10.5 Å². The maximum atomic E-state index is 10.2. The first-order valence-electron chi connectivity index (χ1n) is 2.76. The molecule has 0 radical (unpaired) electrons. The molecule has 0 bridgehead atoms. The summed E-state index contributed by atoms with van der Waals surface area (Å²) in [6.07, 6.45) is -0.865. The first kappa shape index (κ1) is 8.06. The maximum Gasteiger partial charge on any atom is 0.411 e. The van der Waals surface area contributed by atoms with Gasteiger partial charge in [-0.1, -0.05) is 0 Å². The van der Waals surface area contributed by atoms with Crippen LogP contribution in [-0.4, -0.2) is 15.9 Å². The van der Waals surface area contributed by atoms with Crippen LogP contribution < -0.4 is 10.5 Å². The highest BCUT2D eigenvalue weighted by molar-refractivity contribution is 9.10. The second-order valence-corrected chi connectivity index (χ2v) is 2.66. The Balaban J connectivity index is 2.81. The molecule has 0 unspecified atom stereocenters. The van der Waals surface area contributed by atoms with E-state index in [4.69, 9.17) is 5.73 Å². The van der Waals surface area contributed by atoms with Crippen LogP contribution >= 0.6 is 15.9 Å². The van der Waals surface area contributed by atoms with Crippen molar-refractivity contribution in [3.8, 4) is 5.88 Å². The quantitative estimate of drug-likeness (QED) is 0.754. The van der Waals surface area contributed by atoms with Crippen molar-refractivity contribution in [1.82, 2.24) is 9.78 Å². The molecule has 2 N–H and O–H groups in total. The Labute approximate surface area is 71.3 Å². The normalized spacial score (nSPS) is 9.64. The highest BCUT2D eigenvalue weighted by atomic mass is 79.9. The van der Waals surface area contributed by atoms with E-state index in [0.717, 1.165) is 0 Å². The van der Waals surface area contributed by atoms with Crippen LogP contribution in [0.3, 0.4) is 0 Å². The monoisotopic (exact) mass is 219 g/mol. The number of aromatic nitrogens is 2. The van der Waals surface area contributed by atoms with Gasteiger partial charge >= 0.3 is 6.09 Å². The molecule has 1 aromatic rings. The summed E-state index contributed by atoms with van der Waals surface area (Å²) in [6, 6.07) is 1.55. The van der Waals surface area contributed by atoms with Crippen molar-refractivity contribution >= 4 is 22.0 Å². The minimum absolute atomic E-state index is 0.187. The summed E-state index contributed by atoms with van der Waals surface area (Å²) in [5.41, 5.74) is 4.76. The van der Waals surface area contributed by atoms with Crippen LogP contribution in [0, 0.1) is 0 Å². The molecule has 0 fully saturated rings. The van der Waals surface area contributed by atoms with Gasteiger partial charge in [0.1, 0.15) is 4.60 Å². The van der Waals surface area contributed by atoms with Crippen LogP contribution in [0.25, 0.3) is 0 Å². The van der Waals surface area contributed by atoms with Gasteiger partial charge in [-0.15, -0.1) is 5.10 Å². The fourth-order valence-corrected chi connectivity index (χ4v) is 0.848. The van der Waals surface area contributed by atoms with Gasteiger partial charge in [0, 0.05) is 13.1 Å². The van der Waals surface area contributed by atoms with Crippen LogP contribution in [0.1, 0.15) is 0 Å². The van der Waals surface area contributed by atoms with E-state index in [9.17, 15) is 4.79 Å². The van der Waals surface area contributed by atoms with E-state index in [1.165, 1.54) is 4.68 Å². The highest BCUT2D eigenvalue weighted by Crippen LogP contribution is 2.15. The van der Waals surface area contributed by atoms with Gasteiger partial charge in [0.25, 0.3) is 0 Å². The zero-order chi connectivity index (χ0) is 8.43. The van der Waals surface area contributed by atoms with E-state index >= 15 is 0 Å². The van der Waals surface area contributed by atoms with Crippen LogP contribution in [0.5, 0.6) is 5.88 Å². The summed E-state index contributed by atoms with van der Waals surface area (Å²) < 4.78 is 6.72. The molecule has 1 rings (SSSR count). The molecule has 0 aliphatic carbocycles. The number of nitrogens with zero attached hydrogens (tertiary/aromatic N) is 2. The molecule has 0 spiro atoms. The summed E-state index contributed by atoms with van der Waals surface area (Å²) in [6.45, 7) is 0. The second-order valence-electron chi connectivity index (χ2n) is 1.85. The number of rotatable bonds is 1. The Morgan fingerprint density at radius 2 is 2.55 bits per heavy atom. The Bertz CT molecular complexity index is 264. The lowest BCUT2D eigenvalue weighted by Gasteiger charge is -1.91. The Hall–Kier alpha value is -1.04. The minimum atomic E-state index is -0.865. The van der Waals surface area contributed by atoms with Crippen molar-refractivity contribution in [2.45, 2.75) is 0 Å². The molecule has 0 aliphatic rings. The molecule has 0 atom stereocenters. The Morgan fingerprint density at radius 1 is 1.91 bits per heavy atom. The molecule has 6 heteroatoms. The van der Waals surface area contributed by atoms with Gasteiger partial charge in [-0.2, -0.15) is 0 Å². The zero-order valence-corrected chi connectivity index (χ0v) is 7.33. The number of carbonyl (C=O) groups is 1. The molecule has 0 aliphatic heterocycles. The molecule has 0 saturated heterocycles. The average molecular weight is 220 g/mol. The Morgan fingerprint density at radius 3 is 2.91 bits per heavy atom. The number of primary amides is 1. The number of hydrogen-bond donors (Lipinski definition) is 1. The minimum Gasteiger partial charge on any atom is -0.390 e. The topological polar surface area (TPSA) is 70.1 Å². The molecule has 11 heavy (non-hydrogen) atoms. The van der Waals surface area contributed by atoms with Crippen LogP contribution in [0.4, 0.5) is 4.79 Å². The number of aryl methyl sites for hydroxylation is 1. The lowest BCUT2D eigenvalue weighted by molar-refractivity contribution is 0.208. The largest absolute Gasteiger partial charge is 0.411 e. The van der Waals surface area contributed by atoms with Gasteiger partial charge in [-0.05, 0) is 15.9 Å². The smallest absolute Gasteiger partial charge is 0.390 e. The van der Waals surface area contributed by atoms with E-state index in [2.05, 4.69) is 25.8 Å². The van der Waals surface area contributed by atoms with Crippen molar-refractivity contribution in [3.05, 3.63) is 10.7 Å². The number of hydrogen-bond acceptors (Lipinski definition) is 3. The number of carbonyl (C=O) groups excluding carboxylic acids is 1. The number of halogens is 1. The fourth-order valence-electron chi connectivity index (χ4n) is 0.573. The lowest BCUT2D eigenvalue weighted by Crippen LogP contribution is -2.16. The molecule has 0 saturated carbocycles. The summed E-state index contributed by atoms with van der Waals surface area (Å²) in [4.78, 5) is 10.2. The van der Waals surface area contributed by atoms with Crippen LogP contribution in [-0.2, 0) is 7.05 Å². The van der Waals surface area contributed by atoms with Gasteiger partial charge in [-0.3, -0.25) is 4.68 Å². The molecular weight excluding hydrogens is 214 g/mol.